The molecular formula is C25H23NO3. The molecule has 0 heterocycles. The Morgan fingerprint density at radius 3 is 2.21 bits per heavy atom. The van der Waals surface area contributed by atoms with Crippen LogP contribution in [-0.2, 0) is 22.7 Å². The van der Waals surface area contributed by atoms with Crippen LogP contribution >= 0.6 is 0 Å². The summed E-state index contributed by atoms with van der Waals surface area (Å²) in [5.41, 5.74) is 2.77. The van der Waals surface area contributed by atoms with Gasteiger partial charge in [-0.2, -0.15) is 0 Å². The first-order valence-electron chi connectivity index (χ1n) is 10.2. The smallest absolute Gasteiger partial charge is 0.414 e. The first kappa shape index (κ1) is 17.9. The van der Waals surface area contributed by atoms with E-state index in [0.29, 0.717) is 18.4 Å². The summed E-state index contributed by atoms with van der Waals surface area (Å²) in [6.45, 7) is 0.615. The van der Waals surface area contributed by atoms with E-state index in [0.717, 1.165) is 23.2 Å². The second-order valence-electron chi connectivity index (χ2n) is 8.08. The molecule has 0 aliphatic heterocycles. The normalized spacial score (nSPS) is 26.3. The Morgan fingerprint density at radius 1 is 0.897 bits per heavy atom. The van der Waals surface area contributed by atoms with Crippen molar-refractivity contribution in [3.05, 3.63) is 95.7 Å². The highest BCUT2D eigenvalue weighted by atomic mass is 16.6. The fourth-order valence-corrected chi connectivity index (χ4v) is 5.03. The summed E-state index contributed by atoms with van der Waals surface area (Å²) in [6.07, 6.45) is 6.69. The summed E-state index contributed by atoms with van der Waals surface area (Å²) in [6, 6.07) is 19.5. The highest BCUT2D eigenvalue weighted by molar-refractivity contribution is 5.97. The second kappa shape index (κ2) is 7.36. The van der Waals surface area contributed by atoms with Gasteiger partial charge in [0.15, 0.2) is 5.78 Å². The van der Waals surface area contributed by atoms with E-state index in [1.54, 1.807) is 11.0 Å². The number of benzene rings is 2. The van der Waals surface area contributed by atoms with E-state index in [1.165, 1.54) is 0 Å². The summed E-state index contributed by atoms with van der Waals surface area (Å²) in [5.74, 6) is 0.870. The quantitative estimate of drug-likeness (QED) is 0.699. The molecule has 0 N–H and O–H groups in total. The van der Waals surface area contributed by atoms with E-state index in [-0.39, 0.29) is 24.2 Å². The van der Waals surface area contributed by atoms with Gasteiger partial charge in [0.2, 0.25) is 0 Å². The number of rotatable bonds is 5. The van der Waals surface area contributed by atoms with Crippen LogP contribution in [0.2, 0.25) is 0 Å². The standard InChI is InChI=1S/C25H23NO3/c27-22-14-21(23-19-11-12-20(13-19)24(22)23)26(15-17-7-3-1-4-8-17)25(28)29-16-18-9-5-2-6-10-18/h1-12,14,19-20,23-24H,13,15-16H2/t19-,20+,23+,24-/m0/s1. The average Bonchev–Trinajstić information content (AvgIpc) is 3.46. The van der Waals surface area contributed by atoms with Gasteiger partial charge in [0.1, 0.15) is 6.61 Å². The van der Waals surface area contributed by atoms with Crippen molar-refractivity contribution < 1.29 is 14.3 Å². The maximum absolute atomic E-state index is 13.1. The highest BCUT2D eigenvalue weighted by Gasteiger charge is 2.54. The van der Waals surface area contributed by atoms with Gasteiger partial charge in [0.25, 0.3) is 0 Å². The van der Waals surface area contributed by atoms with Gasteiger partial charge in [-0.25, -0.2) is 4.79 Å². The lowest BCUT2D eigenvalue weighted by molar-refractivity contribution is -0.118. The van der Waals surface area contributed by atoms with Crippen molar-refractivity contribution >= 4 is 11.9 Å². The number of nitrogens with zero attached hydrogens (tertiary/aromatic N) is 1. The van der Waals surface area contributed by atoms with E-state index < -0.39 is 6.09 Å². The summed E-state index contributed by atoms with van der Waals surface area (Å²) in [4.78, 5) is 27.5. The number of amides is 1. The van der Waals surface area contributed by atoms with Crippen LogP contribution < -0.4 is 0 Å². The number of hydrogen-bond donors (Lipinski definition) is 0. The zero-order valence-corrected chi connectivity index (χ0v) is 16.1. The lowest BCUT2D eigenvalue weighted by atomic mass is 9.83. The topological polar surface area (TPSA) is 46.6 Å². The lowest BCUT2D eigenvalue weighted by Gasteiger charge is -2.30. The fraction of sp³-hybridized carbons (Fsp3) is 0.280. The van der Waals surface area contributed by atoms with Crippen molar-refractivity contribution in [2.75, 3.05) is 0 Å². The molecule has 4 atom stereocenters. The van der Waals surface area contributed by atoms with Crippen molar-refractivity contribution in [2.45, 2.75) is 19.6 Å². The molecule has 3 aliphatic carbocycles. The first-order valence-corrected chi connectivity index (χ1v) is 10.2. The Labute approximate surface area is 170 Å². The molecule has 0 radical (unpaired) electrons. The Kier molecular flexibility index (Phi) is 4.55. The summed E-state index contributed by atoms with van der Waals surface area (Å²) < 4.78 is 5.66. The third kappa shape index (κ3) is 3.29. The molecule has 0 aromatic heterocycles. The van der Waals surface area contributed by atoms with Gasteiger partial charge in [-0.1, -0.05) is 72.8 Å². The van der Waals surface area contributed by atoms with Gasteiger partial charge in [-0.3, -0.25) is 9.69 Å². The second-order valence-corrected chi connectivity index (χ2v) is 8.08. The molecular weight excluding hydrogens is 362 g/mol. The van der Waals surface area contributed by atoms with Crippen LogP contribution in [0.25, 0.3) is 0 Å². The molecule has 1 fully saturated rings. The molecule has 4 nitrogen and oxygen atoms in total. The van der Waals surface area contributed by atoms with E-state index in [1.807, 2.05) is 60.7 Å². The zero-order valence-electron chi connectivity index (χ0n) is 16.1. The van der Waals surface area contributed by atoms with Crippen molar-refractivity contribution in [1.29, 1.82) is 0 Å². The maximum atomic E-state index is 13.1. The largest absolute Gasteiger partial charge is 0.444 e. The molecule has 5 rings (SSSR count). The van der Waals surface area contributed by atoms with Crippen molar-refractivity contribution in [3.63, 3.8) is 0 Å². The summed E-state index contributed by atoms with van der Waals surface area (Å²) in [7, 11) is 0. The minimum absolute atomic E-state index is 0.0137. The lowest BCUT2D eigenvalue weighted by Crippen LogP contribution is -2.35. The van der Waals surface area contributed by atoms with Crippen LogP contribution in [0.3, 0.4) is 0 Å². The SMILES string of the molecule is O=C1C=C(N(Cc2ccccc2)C(=O)OCc2ccccc2)[C@@H]2[C@H]1[C@@H]1C=C[C@H]2C1. The van der Waals surface area contributed by atoms with E-state index in [4.69, 9.17) is 4.74 Å². The van der Waals surface area contributed by atoms with E-state index >= 15 is 0 Å². The van der Waals surface area contributed by atoms with Crippen molar-refractivity contribution in [2.24, 2.45) is 23.7 Å². The number of carbonyl (C=O) groups excluding carboxylic acids is 2. The van der Waals surface area contributed by atoms with Crippen LogP contribution in [0.15, 0.2) is 84.6 Å². The van der Waals surface area contributed by atoms with Gasteiger partial charge >= 0.3 is 6.09 Å². The third-order valence-corrected chi connectivity index (χ3v) is 6.34. The first-order chi connectivity index (χ1) is 14.2. The molecule has 29 heavy (non-hydrogen) atoms. The molecule has 4 heteroatoms. The van der Waals surface area contributed by atoms with E-state index in [9.17, 15) is 9.59 Å². The van der Waals surface area contributed by atoms with Crippen LogP contribution in [-0.4, -0.2) is 16.8 Å². The number of fused-ring (bicyclic) bond motifs is 5. The Bertz CT molecular complexity index is 980. The molecule has 0 spiro atoms. The number of ketones is 1. The molecule has 2 aromatic carbocycles. The summed E-state index contributed by atoms with van der Waals surface area (Å²) >= 11 is 0. The molecule has 2 aromatic rings. The number of hydrogen-bond acceptors (Lipinski definition) is 3. The van der Waals surface area contributed by atoms with Gasteiger partial charge in [0.05, 0.1) is 6.54 Å². The minimum Gasteiger partial charge on any atom is -0.444 e. The monoisotopic (exact) mass is 385 g/mol. The minimum atomic E-state index is -0.399. The average molecular weight is 385 g/mol. The molecule has 2 bridgehead atoms. The Balaban J connectivity index is 1.41. The molecule has 3 aliphatic rings. The fourth-order valence-electron chi connectivity index (χ4n) is 5.03. The molecule has 0 saturated heterocycles. The number of allylic oxidation sites excluding steroid dienone is 4. The Morgan fingerprint density at radius 2 is 1.52 bits per heavy atom. The van der Waals surface area contributed by atoms with Gasteiger partial charge in [-0.05, 0) is 29.4 Å². The van der Waals surface area contributed by atoms with Crippen molar-refractivity contribution in [3.8, 4) is 0 Å². The third-order valence-electron chi connectivity index (χ3n) is 6.34. The molecule has 1 amide bonds. The number of carbonyl (C=O) groups is 2. The molecule has 0 unspecified atom stereocenters. The maximum Gasteiger partial charge on any atom is 0.414 e. The van der Waals surface area contributed by atoms with Crippen LogP contribution in [0.1, 0.15) is 17.5 Å². The predicted octanol–water partition coefficient (Wildman–Crippen LogP) is 4.73. The van der Waals surface area contributed by atoms with Gasteiger partial charge in [-0.15, -0.1) is 0 Å². The molecule has 146 valence electrons. The number of ether oxygens (including phenoxy) is 1. The van der Waals surface area contributed by atoms with Gasteiger partial charge in [0, 0.05) is 23.6 Å². The van der Waals surface area contributed by atoms with Crippen molar-refractivity contribution in [1.82, 2.24) is 4.90 Å². The van der Waals surface area contributed by atoms with Crippen LogP contribution in [0.4, 0.5) is 4.79 Å². The van der Waals surface area contributed by atoms with E-state index in [2.05, 4.69) is 12.2 Å². The highest BCUT2D eigenvalue weighted by Crippen LogP contribution is 2.55. The zero-order chi connectivity index (χ0) is 19.8. The Hall–Kier alpha value is -3.14. The predicted molar refractivity (Wildman–Crippen MR) is 109 cm³/mol. The summed E-state index contributed by atoms with van der Waals surface area (Å²) in [5, 5.41) is 0. The molecule has 1 saturated carbocycles. The van der Waals surface area contributed by atoms with Crippen LogP contribution in [0.5, 0.6) is 0 Å². The van der Waals surface area contributed by atoms with Gasteiger partial charge < -0.3 is 4.74 Å². The van der Waals surface area contributed by atoms with Crippen LogP contribution in [0, 0.1) is 23.7 Å².